The van der Waals surface area contributed by atoms with E-state index in [9.17, 15) is 4.39 Å². The van der Waals surface area contributed by atoms with Crippen molar-refractivity contribution in [2.24, 2.45) is 0 Å². The fraction of sp³-hybridized carbons (Fsp3) is 0.0833. The van der Waals surface area contributed by atoms with Gasteiger partial charge in [-0.3, -0.25) is 0 Å². The van der Waals surface area contributed by atoms with Gasteiger partial charge in [0.2, 0.25) is 0 Å². The van der Waals surface area contributed by atoms with Crippen LogP contribution in [-0.2, 0) is 0 Å². The van der Waals surface area contributed by atoms with Crippen molar-refractivity contribution in [3.05, 3.63) is 36.1 Å². The average Bonchev–Trinajstić information content (AvgIpc) is 2.30. The summed E-state index contributed by atoms with van der Waals surface area (Å²) in [6, 6.07) is 7.60. The molecule has 0 saturated carbocycles. The standard InChI is InChI=1S/C12H12FN3O.ClH/c1-17-10-6-7(13)2-3-8(10)9-4-5-11(14)16-12(9)15;/h2-6H,1H3,(H4,14,15,16);1H. The van der Waals surface area contributed by atoms with E-state index in [0.717, 1.165) is 0 Å². The second-order valence-electron chi connectivity index (χ2n) is 3.51. The van der Waals surface area contributed by atoms with Crippen molar-refractivity contribution in [1.82, 2.24) is 4.98 Å². The van der Waals surface area contributed by atoms with Gasteiger partial charge in [-0.25, -0.2) is 9.37 Å². The average molecular weight is 270 g/mol. The molecule has 0 saturated heterocycles. The molecule has 96 valence electrons. The van der Waals surface area contributed by atoms with Crippen LogP contribution in [0, 0.1) is 5.82 Å². The van der Waals surface area contributed by atoms with Crippen molar-refractivity contribution in [2.75, 3.05) is 18.6 Å². The van der Waals surface area contributed by atoms with Gasteiger partial charge in [0.05, 0.1) is 7.11 Å². The van der Waals surface area contributed by atoms with Crippen LogP contribution in [0.1, 0.15) is 0 Å². The van der Waals surface area contributed by atoms with E-state index in [1.165, 1.54) is 19.2 Å². The van der Waals surface area contributed by atoms with Crippen LogP contribution in [-0.4, -0.2) is 12.1 Å². The Labute approximate surface area is 110 Å². The van der Waals surface area contributed by atoms with Gasteiger partial charge in [0.1, 0.15) is 23.2 Å². The first-order valence-corrected chi connectivity index (χ1v) is 4.97. The molecule has 2 aromatic rings. The van der Waals surface area contributed by atoms with Crippen LogP contribution in [0.3, 0.4) is 0 Å². The molecule has 0 aliphatic carbocycles. The second kappa shape index (κ2) is 5.55. The Balaban J connectivity index is 0.00000162. The van der Waals surface area contributed by atoms with E-state index in [-0.39, 0.29) is 24.0 Å². The monoisotopic (exact) mass is 269 g/mol. The fourth-order valence-corrected chi connectivity index (χ4v) is 1.61. The quantitative estimate of drug-likeness (QED) is 0.878. The van der Waals surface area contributed by atoms with Crippen molar-refractivity contribution in [3.8, 4) is 16.9 Å². The molecule has 0 atom stereocenters. The number of nitrogens with two attached hydrogens (primary N) is 2. The predicted molar refractivity (Wildman–Crippen MR) is 72.3 cm³/mol. The summed E-state index contributed by atoms with van der Waals surface area (Å²) in [6.45, 7) is 0. The number of hydrogen-bond donors (Lipinski definition) is 2. The van der Waals surface area contributed by atoms with E-state index in [1.54, 1.807) is 18.2 Å². The van der Waals surface area contributed by atoms with Gasteiger partial charge in [0.15, 0.2) is 0 Å². The first-order valence-electron chi connectivity index (χ1n) is 4.97. The molecule has 1 aromatic heterocycles. The summed E-state index contributed by atoms with van der Waals surface area (Å²) >= 11 is 0. The molecule has 4 N–H and O–H groups in total. The Hall–Kier alpha value is -2.01. The third kappa shape index (κ3) is 2.62. The zero-order valence-corrected chi connectivity index (χ0v) is 10.5. The highest BCUT2D eigenvalue weighted by Crippen LogP contribution is 2.33. The number of anilines is 2. The molecule has 0 spiro atoms. The molecule has 0 radical (unpaired) electrons. The SMILES string of the molecule is COc1cc(F)ccc1-c1ccc(N)nc1N.Cl. The number of aromatic nitrogens is 1. The molecule has 2 rings (SSSR count). The lowest BCUT2D eigenvalue weighted by atomic mass is 10.1. The van der Waals surface area contributed by atoms with E-state index in [1.807, 2.05) is 0 Å². The molecular formula is C12H13ClFN3O. The van der Waals surface area contributed by atoms with Crippen LogP contribution in [0.5, 0.6) is 5.75 Å². The highest BCUT2D eigenvalue weighted by molar-refractivity contribution is 5.85. The molecule has 4 nitrogen and oxygen atoms in total. The Kier molecular flexibility index (Phi) is 4.33. The number of methoxy groups -OCH3 is 1. The molecule has 0 aliphatic rings. The summed E-state index contributed by atoms with van der Waals surface area (Å²) in [5.74, 6) is 0.665. The molecule has 6 heteroatoms. The van der Waals surface area contributed by atoms with Gasteiger partial charge in [-0.05, 0) is 24.3 Å². The fourth-order valence-electron chi connectivity index (χ4n) is 1.61. The third-order valence-corrected chi connectivity index (χ3v) is 2.40. The van der Waals surface area contributed by atoms with Crippen LogP contribution in [0.4, 0.5) is 16.0 Å². The minimum atomic E-state index is -0.368. The van der Waals surface area contributed by atoms with Gasteiger partial charge in [-0.2, -0.15) is 0 Å². The Morgan fingerprint density at radius 2 is 1.78 bits per heavy atom. The molecule has 0 amide bonds. The van der Waals surface area contributed by atoms with Gasteiger partial charge in [-0.1, -0.05) is 0 Å². The summed E-state index contributed by atoms with van der Waals surface area (Å²) < 4.78 is 18.2. The van der Waals surface area contributed by atoms with Crippen LogP contribution in [0.25, 0.3) is 11.1 Å². The molecule has 0 unspecified atom stereocenters. The molecular weight excluding hydrogens is 257 g/mol. The Morgan fingerprint density at radius 1 is 1.11 bits per heavy atom. The number of nitrogens with zero attached hydrogens (tertiary/aromatic N) is 1. The summed E-state index contributed by atoms with van der Waals surface area (Å²) in [7, 11) is 1.47. The van der Waals surface area contributed by atoms with E-state index in [4.69, 9.17) is 16.2 Å². The third-order valence-electron chi connectivity index (χ3n) is 2.40. The number of benzene rings is 1. The van der Waals surface area contributed by atoms with E-state index in [2.05, 4.69) is 4.98 Å². The van der Waals surface area contributed by atoms with E-state index >= 15 is 0 Å². The molecule has 0 fully saturated rings. The van der Waals surface area contributed by atoms with Crippen molar-refractivity contribution in [2.45, 2.75) is 0 Å². The van der Waals surface area contributed by atoms with Crippen molar-refractivity contribution in [1.29, 1.82) is 0 Å². The Bertz CT molecular complexity index is 563. The number of rotatable bonds is 2. The number of halogens is 2. The molecule has 18 heavy (non-hydrogen) atoms. The number of pyridine rings is 1. The van der Waals surface area contributed by atoms with Crippen molar-refractivity contribution < 1.29 is 9.13 Å². The highest BCUT2D eigenvalue weighted by Gasteiger charge is 2.10. The zero-order valence-electron chi connectivity index (χ0n) is 9.68. The maximum absolute atomic E-state index is 13.1. The van der Waals surface area contributed by atoms with Crippen molar-refractivity contribution >= 4 is 24.0 Å². The lowest BCUT2D eigenvalue weighted by molar-refractivity contribution is 0.413. The number of hydrogen-bond acceptors (Lipinski definition) is 4. The van der Waals surface area contributed by atoms with Crippen LogP contribution < -0.4 is 16.2 Å². The first-order chi connectivity index (χ1) is 8.11. The van der Waals surface area contributed by atoms with Crippen LogP contribution in [0.2, 0.25) is 0 Å². The summed E-state index contributed by atoms with van der Waals surface area (Å²) in [5, 5.41) is 0. The van der Waals surface area contributed by atoms with Gasteiger partial charge >= 0.3 is 0 Å². The Morgan fingerprint density at radius 3 is 2.39 bits per heavy atom. The largest absolute Gasteiger partial charge is 0.496 e. The van der Waals surface area contributed by atoms with Gasteiger partial charge < -0.3 is 16.2 Å². The molecule has 1 heterocycles. The topological polar surface area (TPSA) is 74.2 Å². The van der Waals surface area contributed by atoms with Crippen LogP contribution >= 0.6 is 12.4 Å². The predicted octanol–water partition coefficient (Wildman–Crippen LogP) is 2.48. The number of ether oxygens (including phenoxy) is 1. The van der Waals surface area contributed by atoms with Gasteiger partial charge in [-0.15, -0.1) is 12.4 Å². The summed E-state index contributed by atoms with van der Waals surface area (Å²) in [6.07, 6.45) is 0. The minimum absolute atomic E-state index is 0. The van der Waals surface area contributed by atoms with E-state index in [0.29, 0.717) is 22.7 Å². The smallest absolute Gasteiger partial charge is 0.133 e. The molecule has 0 aliphatic heterocycles. The normalized spacial score (nSPS) is 9.67. The molecule has 1 aromatic carbocycles. The second-order valence-corrected chi connectivity index (χ2v) is 3.51. The zero-order chi connectivity index (χ0) is 12.4. The lowest BCUT2D eigenvalue weighted by Crippen LogP contribution is -1.99. The van der Waals surface area contributed by atoms with Crippen molar-refractivity contribution in [3.63, 3.8) is 0 Å². The van der Waals surface area contributed by atoms with Gasteiger partial charge in [0.25, 0.3) is 0 Å². The first kappa shape index (κ1) is 14.1. The van der Waals surface area contributed by atoms with Crippen LogP contribution in [0.15, 0.2) is 30.3 Å². The van der Waals surface area contributed by atoms with E-state index < -0.39 is 0 Å². The maximum Gasteiger partial charge on any atom is 0.133 e. The highest BCUT2D eigenvalue weighted by atomic mass is 35.5. The maximum atomic E-state index is 13.1. The number of nitrogen functional groups attached to an aromatic ring is 2. The molecule has 0 bridgehead atoms. The summed E-state index contributed by atoms with van der Waals surface area (Å²) in [5.41, 5.74) is 12.6. The lowest BCUT2D eigenvalue weighted by Gasteiger charge is -2.10. The van der Waals surface area contributed by atoms with Gasteiger partial charge in [0, 0.05) is 17.2 Å². The minimum Gasteiger partial charge on any atom is -0.496 e. The summed E-state index contributed by atoms with van der Waals surface area (Å²) in [4.78, 5) is 3.95.